The molecule has 0 aliphatic heterocycles. The Kier molecular flexibility index (Phi) is 5.67. The lowest BCUT2D eigenvalue weighted by atomic mass is 9.90. The summed E-state index contributed by atoms with van der Waals surface area (Å²) in [6.07, 6.45) is 4.48. The highest BCUT2D eigenvalue weighted by Gasteiger charge is 2.21. The Morgan fingerprint density at radius 1 is 0.386 bits per heavy atom. The van der Waals surface area contributed by atoms with Gasteiger partial charge < -0.3 is 9.13 Å². The molecule has 2 nitrogen and oxygen atoms in total. The molecule has 0 fully saturated rings. The van der Waals surface area contributed by atoms with Crippen LogP contribution in [-0.2, 0) is 6.42 Å². The molecule has 0 spiro atoms. The summed E-state index contributed by atoms with van der Waals surface area (Å²) in [6.45, 7) is 0. The van der Waals surface area contributed by atoms with Crippen molar-refractivity contribution in [2.45, 2.75) is 12.8 Å². The molecule has 0 atom stereocenters. The fourth-order valence-electron chi connectivity index (χ4n) is 7.21. The Morgan fingerprint density at radius 2 is 0.932 bits per heavy atom. The van der Waals surface area contributed by atoms with Gasteiger partial charge in [0, 0.05) is 38.8 Å². The molecule has 0 N–H and O–H groups in total. The van der Waals surface area contributed by atoms with Crippen LogP contribution in [-0.4, -0.2) is 9.13 Å². The number of hydrogen-bond acceptors (Lipinski definition) is 0. The standard InChI is InChI=1S/C42H30N2/c1-3-11-33(12-4-1)43-39-17-9-7-15-35(39)37-27-31(23-25-41(37)43)29-19-21-30(22-20-29)32-24-26-42-38(28-32)36-16-8-10-18-40(36)44(42)34-13-5-2-6-14-34/h1-23,25,27-28H,24,26H2. The summed E-state index contributed by atoms with van der Waals surface area (Å²) < 4.78 is 4.82. The van der Waals surface area contributed by atoms with Crippen molar-refractivity contribution in [2.24, 2.45) is 0 Å². The molecule has 2 heteroatoms. The molecule has 2 heterocycles. The SMILES string of the molecule is C1=C(c2ccc(-c3ccc4c(c3)c3ccccc3n4-c3ccccc3)cc2)CCc2c1c1ccccc1n2-c1ccccc1. The van der Waals surface area contributed by atoms with Gasteiger partial charge in [-0.15, -0.1) is 0 Å². The molecule has 0 saturated carbocycles. The fourth-order valence-corrected chi connectivity index (χ4v) is 7.21. The average molecular weight is 563 g/mol. The van der Waals surface area contributed by atoms with E-state index >= 15 is 0 Å². The van der Waals surface area contributed by atoms with Crippen LogP contribution >= 0.6 is 0 Å². The number of hydrogen-bond donors (Lipinski definition) is 0. The van der Waals surface area contributed by atoms with Crippen LogP contribution in [0.25, 0.3) is 66.9 Å². The molecule has 208 valence electrons. The maximum atomic E-state index is 2.45. The van der Waals surface area contributed by atoms with Gasteiger partial charge in [-0.1, -0.05) is 103 Å². The summed E-state index contributed by atoms with van der Waals surface area (Å²) in [5.41, 5.74) is 14.1. The van der Waals surface area contributed by atoms with Crippen LogP contribution in [0.2, 0.25) is 0 Å². The highest BCUT2D eigenvalue weighted by atomic mass is 15.0. The van der Waals surface area contributed by atoms with E-state index in [1.807, 2.05) is 0 Å². The Morgan fingerprint density at radius 3 is 1.66 bits per heavy atom. The third-order valence-corrected chi connectivity index (χ3v) is 9.26. The first-order valence-corrected chi connectivity index (χ1v) is 15.4. The van der Waals surface area contributed by atoms with Crippen molar-refractivity contribution in [2.75, 3.05) is 0 Å². The van der Waals surface area contributed by atoms with Crippen molar-refractivity contribution >= 4 is 44.4 Å². The van der Waals surface area contributed by atoms with E-state index < -0.39 is 0 Å². The first-order chi connectivity index (χ1) is 21.8. The summed E-state index contributed by atoms with van der Waals surface area (Å²) in [5, 5.41) is 3.88. The molecule has 0 bridgehead atoms. The van der Waals surface area contributed by atoms with Crippen molar-refractivity contribution in [1.82, 2.24) is 9.13 Å². The molecule has 1 aliphatic rings. The van der Waals surface area contributed by atoms with Gasteiger partial charge in [0.05, 0.1) is 16.6 Å². The lowest BCUT2D eigenvalue weighted by Crippen LogP contribution is -2.05. The Hall–Kier alpha value is -5.60. The van der Waals surface area contributed by atoms with E-state index in [9.17, 15) is 0 Å². The Balaban J connectivity index is 1.10. The molecule has 0 unspecified atom stereocenters. The van der Waals surface area contributed by atoms with Gasteiger partial charge in [0.15, 0.2) is 0 Å². The van der Waals surface area contributed by atoms with Gasteiger partial charge in [0.25, 0.3) is 0 Å². The van der Waals surface area contributed by atoms with Gasteiger partial charge in [0.1, 0.15) is 0 Å². The van der Waals surface area contributed by atoms with E-state index in [1.54, 1.807) is 0 Å². The number of para-hydroxylation sites is 4. The predicted molar refractivity (Wildman–Crippen MR) is 186 cm³/mol. The van der Waals surface area contributed by atoms with Crippen LogP contribution in [0.3, 0.4) is 0 Å². The minimum atomic E-state index is 1.02. The third-order valence-electron chi connectivity index (χ3n) is 9.26. The Bertz CT molecular complexity index is 2350. The smallest absolute Gasteiger partial charge is 0.0541 e. The van der Waals surface area contributed by atoms with E-state index in [0.717, 1.165) is 12.8 Å². The lowest BCUT2D eigenvalue weighted by Gasteiger charge is -2.18. The van der Waals surface area contributed by atoms with Crippen LogP contribution in [0.15, 0.2) is 152 Å². The van der Waals surface area contributed by atoms with Gasteiger partial charge in [-0.3, -0.25) is 0 Å². The Labute approximate surface area is 256 Å². The monoisotopic (exact) mass is 562 g/mol. The van der Waals surface area contributed by atoms with Crippen molar-refractivity contribution in [3.63, 3.8) is 0 Å². The topological polar surface area (TPSA) is 9.86 Å². The summed E-state index contributed by atoms with van der Waals surface area (Å²) in [6, 6.07) is 55.0. The first-order valence-electron chi connectivity index (χ1n) is 15.4. The van der Waals surface area contributed by atoms with Crippen LogP contribution in [0.1, 0.15) is 23.2 Å². The molecule has 0 amide bonds. The van der Waals surface area contributed by atoms with Crippen LogP contribution < -0.4 is 0 Å². The van der Waals surface area contributed by atoms with Crippen LogP contribution in [0.4, 0.5) is 0 Å². The molecule has 9 rings (SSSR count). The normalized spacial score (nSPS) is 13.0. The highest BCUT2D eigenvalue weighted by molar-refractivity contribution is 6.10. The largest absolute Gasteiger partial charge is 0.313 e. The maximum absolute atomic E-state index is 2.45. The fraction of sp³-hybridized carbons (Fsp3) is 0.0476. The van der Waals surface area contributed by atoms with E-state index in [4.69, 9.17) is 0 Å². The summed E-state index contributed by atoms with van der Waals surface area (Å²) >= 11 is 0. The molecule has 0 radical (unpaired) electrons. The van der Waals surface area contributed by atoms with Crippen molar-refractivity contribution in [3.05, 3.63) is 168 Å². The van der Waals surface area contributed by atoms with E-state index in [2.05, 4.69) is 167 Å². The van der Waals surface area contributed by atoms with Gasteiger partial charge in [-0.2, -0.15) is 0 Å². The summed E-state index contributed by atoms with van der Waals surface area (Å²) in [4.78, 5) is 0. The van der Waals surface area contributed by atoms with Crippen molar-refractivity contribution < 1.29 is 0 Å². The molecule has 8 aromatic rings. The van der Waals surface area contributed by atoms with Crippen LogP contribution in [0, 0.1) is 0 Å². The molecule has 1 aliphatic carbocycles. The zero-order valence-electron chi connectivity index (χ0n) is 24.3. The second-order valence-corrected chi connectivity index (χ2v) is 11.7. The maximum Gasteiger partial charge on any atom is 0.0541 e. The van der Waals surface area contributed by atoms with E-state index in [1.165, 1.54) is 77.6 Å². The van der Waals surface area contributed by atoms with E-state index in [-0.39, 0.29) is 0 Å². The molecule has 2 aromatic heterocycles. The van der Waals surface area contributed by atoms with Crippen LogP contribution in [0.5, 0.6) is 0 Å². The van der Waals surface area contributed by atoms with Crippen molar-refractivity contribution in [3.8, 4) is 22.5 Å². The summed E-state index contributed by atoms with van der Waals surface area (Å²) in [5.74, 6) is 0. The number of rotatable bonds is 4. The second-order valence-electron chi connectivity index (χ2n) is 11.7. The number of nitrogens with zero attached hydrogens (tertiary/aromatic N) is 2. The van der Waals surface area contributed by atoms with Gasteiger partial charge in [0.2, 0.25) is 0 Å². The van der Waals surface area contributed by atoms with Gasteiger partial charge >= 0.3 is 0 Å². The summed E-state index contributed by atoms with van der Waals surface area (Å²) in [7, 11) is 0. The minimum absolute atomic E-state index is 1.02. The average Bonchev–Trinajstić information content (AvgIpc) is 3.61. The number of aromatic nitrogens is 2. The van der Waals surface area contributed by atoms with Crippen molar-refractivity contribution in [1.29, 1.82) is 0 Å². The number of benzene rings is 6. The highest BCUT2D eigenvalue weighted by Crippen LogP contribution is 2.39. The zero-order chi connectivity index (χ0) is 29.0. The first kappa shape index (κ1) is 24.9. The predicted octanol–water partition coefficient (Wildman–Crippen LogP) is 10.9. The van der Waals surface area contributed by atoms with E-state index in [0.29, 0.717) is 0 Å². The lowest BCUT2D eigenvalue weighted by molar-refractivity contribution is 0.898. The second kappa shape index (κ2) is 10.00. The third kappa shape index (κ3) is 3.88. The molecular formula is C42H30N2. The quantitative estimate of drug-likeness (QED) is 0.202. The number of fused-ring (bicyclic) bond motifs is 6. The van der Waals surface area contributed by atoms with Gasteiger partial charge in [-0.05, 0) is 89.7 Å². The molecule has 6 aromatic carbocycles. The molecule has 0 saturated heterocycles. The number of allylic oxidation sites excluding steroid dienone is 1. The zero-order valence-corrected chi connectivity index (χ0v) is 24.3. The minimum Gasteiger partial charge on any atom is -0.313 e. The molecule has 44 heavy (non-hydrogen) atoms. The molecular weight excluding hydrogens is 532 g/mol. The van der Waals surface area contributed by atoms with Gasteiger partial charge in [-0.25, -0.2) is 0 Å².